The van der Waals surface area contributed by atoms with E-state index in [0.29, 0.717) is 29.2 Å². The van der Waals surface area contributed by atoms with Crippen LogP contribution < -0.4 is 10.1 Å². The summed E-state index contributed by atoms with van der Waals surface area (Å²) in [5, 5.41) is 12.6. The van der Waals surface area contributed by atoms with Crippen molar-refractivity contribution in [2.24, 2.45) is 0 Å². The van der Waals surface area contributed by atoms with Gasteiger partial charge in [-0.3, -0.25) is 14.9 Å². The quantitative estimate of drug-likeness (QED) is 0.812. The van der Waals surface area contributed by atoms with Crippen LogP contribution >= 0.6 is 11.6 Å². The number of ketones is 1. The first-order valence-corrected chi connectivity index (χ1v) is 8.80. The highest BCUT2D eigenvalue weighted by Gasteiger charge is 2.37. The molecule has 1 aliphatic heterocycles. The summed E-state index contributed by atoms with van der Waals surface area (Å²) in [5.74, 6) is -0.968. The van der Waals surface area contributed by atoms with E-state index in [9.17, 15) is 14.7 Å². The van der Waals surface area contributed by atoms with Crippen LogP contribution in [-0.4, -0.2) is 36.1 Å². The molecular formula is C20H20ClNO4. The fourth-order valence-corrected chi connectivity index (χ4v) is 3.64. The first-order chi connectivity index (χ1) is 12.5. The van der Waals surface area contributed by atoms with E-state index in [1.807, 2.05) is 42.5 Å². The molecule has 6 heteroatoms. The molecule has 136 valence electrons. The number of benzene rings is 2. The Morgan fingerprint density at radius 3 is 2.54 bits per heavy atom. The van der Waals surface area contributed by atoms with Crippen molar-refractivity contribution >= 4 is 23.4 Å². The Morgan fingerprint density at radius 1 is 1.15 bits per heavy atom. The molecule has 0 radical (unpaired) electrons. The number of carboxylic acid groups (broad SMARTS) is 1. The molecule has 0 aromatic heterocycles. The van der Waals surface area contributed by atoms with E-state index in [1.165, 1.54) is 0 Å². The van der Waals surface area contributed by atoms with Crippen LogP contribution in [0.2, 0.25) is 5.02 Å². The number of hydrogen-bond acceptors (Lipinski definition) is 4. The van der Waals surface area contributed by atoms with Gasteiger partial charge in [0.2, 0.25) is 0 Å². The van der Waals surface area contributed by atoms with Crippen molar-refractivity contribution in [3.8, 4) is 5.75 Å². The third-order valence-electron chi connectivity index (χ3n) is 4.72. The Hall–Kier alpha value is -2.37. The third kappa shape index (κ3) is 3.74. The molecule has 2 N–H and O–H groups in total. The molecule has 1 unspecified atom stereocenters. The van der Waals surface area contributed by atoms with Crippen molar-refractivity contribution < 1.29 is 19.4 Å². The van der Waals surface area contributed by atoms with Crippen LogP contribution in [0.3, 0.4) is 0 Å². The predicted octanol–water partition coefficient (Wildman–Crippen LogP) is 3.25. The maximum atomic E-state index is 13.3. The number of halogens is 1. The fourth-order valence-electron chi connectivity index (χ4n) is 3.39. The number of hydrogen-bond donors (Lipinski definition) is 2. The van der Waals surface area contributed by atoms with E-state index >= 15 is 0 Å². The number of methoxy groups -OCH3 is 1. The van der Waals surface area contributed by atoms with Gasteiger partial charge < -0.3 is 9.84 Å². The van der Waals surface area contributed by atoms with Gasteiger partial charge in [-0.15, -0.1) is 0 Å². The normalized spacial score (nSPS) is 20.5. The summed E-state index contributed by atoms with van der Waals surface area (Å²) in [6.45, 7) is 0. The zero-order valence-electron chi connectivity index (χ0n) is 14.3. The topological polar surface area (TPSA) is 75.6 Å². The maximum absolute atomic E-state index is 13.3. The van der Waals surface area contributed by atoms with Gasteiger partial charge in [0.1, 0.15) is 11.8 Å². The monoisotopic (exact) mass is 373 g/mol. The van der Waals surface area contributed by atoms with Crippen LogP contribution in [0.25, 0.3) is 0 Å². The second kappa shape index (κ2) is 7.89. The second-order valence-corrected chi connectivity index (χ2v) is 6.73. The Bertz CT molecular complexity index is 823. The smallest absolute Gasteiger partial charge is 0.320 e. The molecule has 1 heterocycles. The van der Waals surface area contributed by atoms with E-state index < -0.39 is 24.0 Å². The number of carbonyl (C=O) groups excluding carboxylic acids is 1. The lowest BCUT2D eigenvalue weighted by Gasteiger charge is -2.22. The predicted molar refractivity (Wildman–Crippen MR) is 98.9 cm³/mol. The van der Waals surface area contributed by atoms with Crippen molar-refractivity contribution in [2.45, 2.75) is 30.8 Å². The number of carboxylic acids is 1. The van der Waals surface area contributed by atoms with Gasteiger partial charge in [0.15, 0.2) is 5.78 Å². The summed E-state index contributed by atoms with van der Waals surface area (Å²) in [7, 11) is 1.57. The zero-order chi connectivity index (χ0) is 18.7. The summed E-state index contributed by atoms with van der Waals surface area (Å²) in [6, 6.07) is 13.3. The number of carbonyl (C=O) groups is 2. The lowest BCUT2D eigenvalue weighted by atomic mass is 9.84. The number of ether oxygens (including phenoxy) is 1. The molecule has 1 aliphatic rings. The first-order valence-electron chi connectivity index (χ1n) is 8.42. The molecule has 0 bridgehead atoms. The van der Waals surface area contributed by atoms with Crippen LogP contribution in [0.4, 0.5) is 0 Å². The molecule has 1 fully saturated rings. The Labute approximate surface area is 156 Å². The SMILES string of the molecule is COc1cccc(C(C(=O)[C@H]2CC[C@@H](C(=O)O)N2)c2ccccc2Cl)c1. The van der Waals surface area contributed by atoms with Crippen LogP contribution in [0.5, 0.6) is 5.75 Å². The van der Waals surface area contributed by atoms with Crippen molar-refractivity contribution in [2.75, 3.05) is 7.11 Å². The Balaban J connectivity index is 1.99. The van der Waals surface area contributed by atoms with Crippen LogP contribution in [-0.2, 0) is 9.59 Å². The number of aliphatic carboxylic acids is 1. The average molecular weight is 374 g/mol. The van der Waals surface area contributed by atoms with Gasteiger partial charge in [0, 0.05) is 5.02 Å². The number of rotatable bonds is 6. The van der Waals surface area contributed by atoms with Gasteiger partial charge >= 0.3 is 5.97 Å². The molecule has 3 atom stereocenters. The standard InChI is InChI=1S/C20H20ClNO4/c1-26-13-6-4-5-12(11-13)18(14-7-2-3-8-15(14)21)19(23)16-9-10-17(22-16)20(24)25/h2-8,11,16-18,22H,9-10H2,1H3,(H,24,25)/t16-,17+,18?/m1/s1. The van der Waals surface area contributed by atoms with Crippen molar-refractivity contribution in [1.29, 1.82) is 0 Å². The highest BCUT2D eigenvalue weighted by Crippen LogP contribution is 2.34. The highest BCUT2D eigenvalue weighted by atomic mass is 35.5. The number of nitrogens with one attached hydrogen (secondary N) is 1. The summed E-state index contributed by atoms with van der Waals surface area (Å²) in [4.78, 5) is 24.5. The van der Waals surface area contributed by atoms with Crippen LogP contribution in [0, 0.1) is 0 Å². The van der Waals surface area contributed by atoms with E-state index in [0.717, 1.165) is 5.56 Å². The fraction of sp³-hybridized carbons (Fsp3) is 0.300. The lowest BCUT2D eigenvalue weighted by molar-refractivity contribution is -0.139. The van der Waals surface area contributed by atoms with Crippen LogP contribution in [0.15, 0.2) is 48.5 Å². The van der Waals surface area contributed by atoms with Crippen LogP contribution in [0.1, 0.15) is 29.9 Å². The highest BCUT2D eigenvalue weighted by molar-refractivity contribution is 6.31. The summed E-state index contributed by atoms with van der Waals surface area (Å²) in [5.41, 5.74) is 1.47. The molecule has 0 saturated carbocycles. The molecule has 3 rings (SSSR count). The van der Waals surface area contributed by atoms with Gasteiger partial charge in [-0.25, -0.2) is 0 Å². The largest absolute Gasteiger partial charge is 0.497 e. The Morgan fingerprint density at radius 2 is 1.88 bits per heavy atom. The maximum Gasteiger partial charge on any atom is 0.320 e. The molecule has 26 heavy (non-hydrogen) atoms. The van der Waals surface area contributed by atoms with Crippen molar-refractivity contribution in [3.63, 3.8) is 0 Å². The minimum atomic E-state index is -0.934. The van der Waals surface area contributed by atoms with Crippen molar-refractivity contribution in [1.82, 2.24) is 5.32 Å². The van der Waals surface area contributed by atoms with Gasteiger partial charge in [-0.05, 0) is 42.2 Å². The van der Waals surface area contributed by atoms with E-state index in [2.05, 4.69) is 5.32 Å². The molecule has 1 saturated heterocycles. The van der Waals surface area contributed by atoms with Gasteiger partial charge in [0.05, 0.1) is 19.1 Å². The first kappa shape index (κ1) is 18.4. The van der Waals surface area contributed by atoms with Gasteiger partial charge in [-0.2, -0.15) is 0 Å². The van der Waals surface area contributed by atoms with E-state index in [4.69, 9.17) is 16.3 Å². The molecular weight excluding hydrogens is 354 g/mol. The molecule has 2 aromatic carbocycles. The second-order valence-electron chi connectivity index (χ2n) is 6.32. The van der Waals surface area contributed by atoms with Gasteiger partial charge in [-0.1, -0.05) is 41.9 Å². The zero-order valence-corrected chi connectivity index (χ0v) is 15.1. The van der Waals surface area contributed by atoms with Gasteiger partial charge in [0.25, 0.3) is 0 Å². The minimum Gasteiger partial charge on any atom is -0.497 e. The van der Waals surface area contributed by atoms with E-state index in [1.54, 1.807) is 13.2 Å². The summed E-state index contributed by atoms with van der Waals surface area (Å²) in [6.07, 6.45) is 0.916. The molecule has 0 aliphatic carbocycles. The van der Waals surface area contributed by atoms with Crippen molar-refractivity contribution in [3.05, 3.63) is 64.7 Å². The Kier molecular flexibility index (Phi) is 5.59. The summed E-state index contributed by atoms with van der Waals surface area (Å²) >= 11 is 6.37. The molecule has 0 spiro atoms. The third-order valence-corrected chi connectivity index (χ3v) is 5.06. The minimum absolute atomic E-state index is 0.0879. The summed E-state index contributed by atoms with van der Waals surface area (Å²) < 4.78 is 5.29. The lowest BCUT2D eigenvalue weighted by Crippen LogP contribution is -2.41. The molecule has 0 amide bonds. The average Bonchev–Trinajstić information content (AvgIpc) is 3.14. The molecule has 2 aromatic rings. The van der Waals surface area contributed by atoms with E-state index in [-0.39, 0.29) is 5.78 Å². The number of Topliss-reactive ketones (excluding diaryl/α,β-unsaturated/α-hetero) is 1. The molecule has 5 nitrogen and oxygen atoms in total.